The predicted octanol–water partition coefficient (Wildman–Crippen LogP) is 11.0. The van der Waals surface area contributed by atoms with Gasteiger partial charge in [-0.1, -0.05) is 133 Å². The van der Waals surface area contributed by atoms with Gasteiger partial charge >= 0.3 is 0 Å². The zero-order valence-corrected chi connectivity index (χ0v) is 29.6. The fourth-order valence-corrected chi connectivity index (χ4v) is 7.56. The number of pyridine rings is 2. The Labute approximate surface area is 317 Å². The van der Waals surface area contributed by atoms with Crippen molar-refractivity contribution >= 4 is 55.5 Å². The summed E-state index contributed by atoms with van der Waals surface area (Å²) in [7, 11) is 0. The topological polar surface area (TPSA) is 83.9 Å². The van der Waals surface area contributed by atoms with Crippen molar-refractivity contribution in [1.82, 2.24) is 19.2 Å². The number of aromatic nitrogens is 4. The van der Waals surface area contributed by atoms with E-state index >= 15 is 0 Å². The first-order valence-electron chi connectivity index (χ1n) is 18.2. The highest BCUT2D eigenvalue weighted by atomic mass is 15.4. The van der Waals surface area contributed by atoms with Crippen LogP contribution >= 0.6 is 0 Å². The largest absolute Gasteiger partial charge is 0.307 e. The van der Waals surface area contributed by atoms with Gasteiger partial charge in [-0.2, -0.15) is 0 Å². The lowest BCUT2D eigenvalue weighted by Gasteiger charge is -2.15. The standard InChI is InChI=1S/C48H33N7/c49-46(36-21-12-19-34(29-36)32-15-4-1-5-16-32)52-47(37-22-13-20-35(30-37)33-17-6-2-7-18-33)53-55-41-26-11-10-25-39(41)43-45-40(31-51-48(43)55)44-42(27-14-28-50-44)54(45)38-23-8-3-9-24-38/h1-31H,(H2,49,52,53). The van der Waals surface area contributed by atoms with E-state index in [0.29, 0.717) is 11.4 Å². The molecule has 0 aliphatic carbocycles. The monoisotopic (exact) mass is 707 g/mol. The molecule has 0 aliphatic heterocycles. The van der Waals surface area contributed by atoms with Crippen LogP contribution in [0.15, 0.2) is 193 Å². The van der Waals surface area contributed by atoms with Crippen LogP contribution in [0.4, 0.5) is 0 Å². The maximum absolute atomic E-state index is 9.37. The van der Waals surface area contributed by atoms with Crippen molar-refractivity contribution in [2.24, 2.45) is 4.99 Å². The molecule has 0 unspecified atom stereocenters. The Morgan fingerprint density at radius 2 is 1.15 bits per heavy atom. The van der Waals surface area contributed by atoms with Gasteiger partial charge in [0.05, 0.1) is 27.5 Å². The molecule has 0 saturated carbocycles. The molecule has 6 aromatic carbocycles. The minimum absolute atomic E-state index is 0.136. The highest BCUT2D eigenvalue weighted by Crippen LogP contribution is 2.39. The predicted molar refractivity (Wildman–Crippen MR) is 226 cm³/mol. The summed E-state index contributed by atoms with van der Waals surface area (Å²) in [5.74, 6) is 0.652. The molecule has 4 aromatic heterocycles. The van der Waals surface area contributed by atoms with E-state index in [4.69, 9.17) is 15.0 Å². The van der Waals surface area contributed by atoms with Gasteiger partial charge in [0, 0.05) is 40.0 Å². The van der Waals surface area contributed by atoms with Crippen molar-refractivity contribution < 1.29 is 0 Å². The molecule has 0 spiro atoms. The summed E-state index contributed by atoms with van der Waals surface area (Å²) < 4.78 is 4.29. The fourth-order valence-electron chi connectivity index (χ4n) is 7.56. The SMILES string of the molecule is N=C(N=C(Nn1c2ccccc2c2c1ncc1c3ncccc3n(-c3ccccc3)c12)c1cccc(-c2ccccc2)c1)c1cccc(-c2ccccc2)c1. The van der Waals surface area contributed by atoms with Crippen molar-refractivity contribution in [1.29, 1.82) is 5.41 Å². The molecule has 7 nitrogen and oxygen atoms in total. The molecule has 55 heavy (non-hydrogen) atoms. The highest BCUT2D eigenvalue weighted by Gasteiger charge is 2.23. The van der Waals surface area contributed by atoms with E-state index in [2.05, 4.69) is 101 Å². The number of aliphatic imine (C=N–C) groups is 1. The molecule has 0 amide bonds. The number of hydrogen-bond acceptors (Lipinski definition) is 3. The minimum Gasteiger partial charge on any atom is -0.307 e. The summed E-state index contributed by atoms with van der Waals surface area (Å²) >= 11 is 0. The average Bonchev–Trinajstić information content (AvgIpc) is 3.77. The molecular formula is C48H33N7. The minimum atomic E-state index is 0.136. The molecule has 7 heteroatoms. The van der Waals surface area contributed by atoms with Crippen molar-refractivity contribution in [3.8, 4) is 27.9 Å². The van der Waals surface area contributed by atoms with Crippen LogP contribution in [0, 0.1) is 5.41 Å². The summed E-state index contributed by atoms with van der Waals surface area (Å²) in [5.41, 5.74) is 15.1. The van der Waals surface area contributed by atoms with Gasteiger partial charge in [-0.25, -0.2) is 14.7 Å². The van der Waals surface area contributed by atoms with Gasteiger partial charge in [0.2, 0.25) is 0 Å². The van der Waals surface area contributed by atoms with Crippen molar-refractivity contribution in [2.45, 2.75) is 0 Å². The van der Waals surface area contributed by atoms with Gasteiger partial charge < -0.3 is 4.57 Å². The number of fused-ring (bicyclic) bond motifs is 7. The molecule has 4 heterocycles. The number of nitrogens with one attached hydrogen (secondary N) is 2. The van der Waals surface area contributed by atoms with E-state index < -0.39 is 0 Å². The van der Waals surface area contributed by atoms with Crippen LogP contribution in [0.3, 0.4) is 0 Å². The number of nitrogens with zero attached hydrogens (tertiary/aromatic N) is 5. The smallest absolute Gasteiger partial charge is 0.162 e. The lowest BCUT2D eigenvalue weighted by atomic mass is 10.0. The molecule has 2 N–H and O–H groups in total. The van der Waals surface area contributed by atoms with E-state index in [-0.39, 0.29) is 5.84 Å². The Hall–Kier alpha value is -7.64. The van der Waals surface area contributed by atoms with Crippen molar-refractivity contribution in [3.05, 3.63) is 199 Å². The van der Waals surface area contributed by atoms with E-state index in [9.17, 15) is 5.41 Å². The fraction of sp³-hybridized carbons (Fsp3) is 0. The molecule has 0 atom stereocenters. The van der Waals surface area contributed by atoms with Gasteiger partial charge in [0.1, 0.15) is 0 Å². The summed E-state index contributed by atoms with van der Waals surface area (Å²) in [6, 6.07) is 59.6. The van der Waals surface area contributed by atoms with Crippen LogP contribution in [-0.2, 0) is 0 Å². The van der Waals surface area contributed by atoms with E-state index in [1.165, 1.54) is 0 Å². The zero-order valence-electron chi connectivity index (χ0n) is 29.6. The number of hydrogen-bond donors (Lipinski definition) is 2. The third kappa shape index (κ3) is 5.62. The number of rotatable bonds is 6. The van der Waals surface area contributed by atoms with E-state index in [1.54, 1.807) is 0 Å². The van der Waals surface area contributed by atoms with Crippen LogP contribution in [-0.4, -0.2) is 30.9 Å². The first-order valence-corrected chi connectivity index (χ1v) is 18.2. The summed E-state index contributed by atoms with van der Waals surface area (Å²) in [5, 5.41) is 12.4. The maximum Gasteiger partial charge on any atom is 0.162 e. The summed E-state index contributed by atoms with van der Waals surface area (Å²) in [6.07, 6.45) is 3.76. The Morgan fingerprint density at radius 1 is 0.545 bits per heavy atom. The van der Waals surface area contributed by atoms with Gasteiger partial charge in [-0.15, -0.1) is 0 Å². The Balaban J connectivity index is 1.19. The summed E-state index contributed by atoms with van der Waals surface area (Å²) in [6.45, 7) is 0. The van der Waals surface area contributed by atoms with Crippen molar-refractivity contribution in [3.63, 3.8) is 0 Å². The van der Waals surface area contributed by atoms with Gasteiger partial charge in [-0.05, 0) is 64.7 Å². The molecule has 0 bridgehead atoms. The van der Waals surface area contributed by atoms with Gasteiger partial charge in [0.15, 0.2) is 17.3 Å². The van der Waals surface area contributed by atoms with Crippen LogP contribution in [0.25, 0.3) is 71.8 Å². The lowest BCUT2D eigenvalue weighted by Crippen LogP contribution is -2.25. The molecular weight excluding hydrogens is 675 g/mol. The molecule has 0 aliphatic rings. The highest BCUT2D eigenvalue weighted by molar-refractivity contribution is 6.25. The quantitative estimate of drug-likeness (QED) is 0.133. The number of benzene rings is 6. The van der Waals surface area contributed by atoms with Gasteiger partial charge in [-0.3, -0.25) is 15.8 Å². The maximum atomic E-state index is 9.37. The third-order valence-corrected chi connectivity index (χ3v) is 10.1. The molecule has 0 fully saturated rings. The van der Waals surface area contributed by atoms with Crippen LogP contribution in [0.5, 0.6) is 0 Å². The normalized spacial score (nSPS) is 11.8. The molecule has 0 saturated heterocycles. The zero-order chi connectivity index (χ0) is 36.7. The Morgan fingerprint density at radius 3 is 1.87 bits per heavy atom. The second-order valence-corrected chi connectivity index (χ2v) is 13.4. The molecule has 0 radical (unpaired) electrons. The number of para-hydroxylation sites is 2. The van der Waals surface area contributed by atoms with E-state index in [1.807, 2.05) is 102 Å². The van der Waals surface area contributed by atoms with Crippen molar-refractivity contribution in [2.75, 3.05) is 5.43 Å². The second-order valence-electron chi connectivity index (χ2n) is 13.4. The lowest BCUT2D eigenvalue weighted by molar-refractivity contribution is 1.05. The van der Waals surface area contributed by atoms with E-state index in [0.717, 1.165) is 77.4 Å². The molecule has 10 aromatic rings. The average molecular weight is 708 g/mol. The molecule has 10 rings (SSSR count). The summed E-state index contributed by atoms with van der Waals surface area (Å²) in [4.78, 5) is 15.0. The number of amidine groups is 2. The van der Waals surface area contributed by atoms with Crippen LogP contribution in [0.2, 0.25) is 0 Å². The second kappa shape index (κ2) is 13.4. The Kier molecular flexibility index (Phi) is 7.81. The van der Waals surface area contributed by atoms with Crippen LogP contribution < -0.4 is 5.43 Å². The van der Waals surface area contributed by atoms with Gasteiger partial charge in [0.25, 0.3) is 0 Å². The first-order chi connectivity index (χ1) is 27.2. The molecule has 260 valence electrons. The van der Waals surface area contributed by atoms with Crippen LogP contribution in [0.1, 0.15) is 11.1 Å². The Bertz CT molecular complexity index is 3070. The first kappa shape index (κ1) is 32.0. The third-order valence-electron chi connectivity index (χ3n) is 10.1.